The third-order valence-corrected chi connectivity index (χ3v) is 2.38. The smallest absolute Gasteiger partial charge is 0.427 e. The van der Waals surface area contributed by atoms with Gasteiger partial charge in [-0.25, -0.2) is 10.2 Å². The summed E-state index contributed by atoms with van der Waals surface area (Å²) < 4.78 is 4.33. The molecule has 1 N–H and O–H groups in total. The molecule has 0 spiro atoms. The zero-order chi connectivity index (χ0) is 13.7. The second kappa shape index (κ2) is 5.97. The molecule has 0 bridgehead atoms. The van der Waals surface area contributed by atoms with Crippen molar-refractivity contribution in [3.05, 3.63) is 38.9 Å². The average molecular weight is 272 g/mol. The second-order valence-electron chi connectivity index (χ2n) is 3.22. The summed E-state index contributed by atoms with van der Waals surface area (Å²) in [7, 11) is 1.20. The van der Waals surface area contributed by atoms with Gasteiger partial charge in [0.1, 0.15) is 5.02 Å². The lowest BCUT2D eigenvalue weighted by Gasteiger charge is -2.02. The molecule has 0 aliphatic rings. The van der Waals surface area contributed by atoms with Crippen LogP contribution >= 0.6 is 11.6 Å². The fourth-order valence-electron chi connectivity index (χ4n) is 1.12. The van der Waals surface area contributed by atoms with Crippen LogP contribution in [0.3, 0.4) is 0 Å². The van der Waals surface area contributed by atoms with Crippen LogP contribution < -0.4 is 5.43 Å². The average Bonchev–Trinajstić information content (AvgIpc) is 2.35. The minimum Gasteiger partial charge on any atom is -0.452 e. The second-order valence-corrected chi connectivity index (χ2v) is 3.63. The molecule has 0 saturated carbocycles. The number of benzene rings is 1. The number of nitro groups is 1. The molecule has 1 amide bonds. The highest BCUT2D eigenvalue weighted by atomic mass is 35.5. The number of hydrogen-bond donors (Lipinski definition) is 1. The molecule has 0 aliphatic carbocycles. The number of hydrazone groups is 1. The Balaban J connectivity index is 2.99. The summed E-state index contributed by atoms with van der Waals surface area (Å²) in [5.41, 5.74) is 2.76. The van der Waals surface area contributed by atoms with Gasteiger partial charge < -0.3 is 4.74 Å². The molecule has 1 rings (SSSR count). The monoisotopic (exact) mass is 271 g/mol. The molecule has 0 saturated heterocycles. The summed E-state index contributed by atoms with van der Waals surface area (Å²) in [6, 6.07) is 4.24. The maximum Gasteiger partial charge on any atom is 0.427 e. The topological polar surface area (TPSA) is 93.8 Å². The van der Waals surface area contributed by atoms with Crippen molar-refractivity contribution < 1.29 is 14.5 Å². The van der Waals surface area contributed by atoms with Crippen molar-refractivity contribution in [2.75, 3.05) is 7.11 Å². The molecule has 1 aromatic carbocycles. The zero-order valence-electron chi connectivity index (χ0n) is 9.64. The van der Waals surface area contributed by atoms with Gasteiger partial charge in [-0.15, -0.1) is 0 Å². The van der Waals surface area contributed by atoms with Gasteiger partial charge >= 0.3 is 6.09 Å². The van der Waals surface area contributed by atoms with Gasteiger partial charge in [-0.2, -0.15) is 5.10 Å². The quantitative estimate of drug-likeness (QED) is 0.518. The van der Waals surface area contributed by atoms with Gasteiger partial charge in [0.25, 0.3) is 5.69 Å². The molecule has 0 fully saturated rings. The Kier molecular flexibility index (Phi) is 4.61. The summed E-state index contributed by atoms with van der Waals surface area (Å²) in [5, 5.41) is 14.5. The molecule has 8 heteroatoms. The largest absolute Gasteiger partial charge is 0.452 e. The molecule has 0 aliphatic heterocycles. The highest BCUT2D eigenvalue weighted by molar-refractivity contribution is 6.32. The normalized spacial score (nSPS) is 10.9. The SMILES string of the molecule is COC(=O)N/N=C(\C)c1ccc(Cl)c([N+](=O)[O-])c1. The third-order valence-electron chi connectivity index (χ3n) is 2.06. The number of ether oxygens (including phenoxy) is 1. The number of amides is 1. The molecule has 0 aromatic heterocycles. The first-order valence-corrected chi connectivity index (χ1v) is 5.16. The first-order chi connectivity index (χ1) is 8.45. The maximum absolute atomic E-state index is 10.8. The third kappa shape index (κ3) is 3.42. The molecule has 0 heterocycles. The Hall–Kier alpha value is -2.15. The lowest BCUT2D eigenvalue weighted by Crippen LogP contribution is -2.18. The van der Waals surface area contributed by atoms with E-state index in [0.717, 1.165) is 0 Å². The van der Waals surface area contributed by atoms with Crippen LogP contribution in [0.25, 0.3) is 0 Å². The lowest BCUT2D eigenvalue weighted by atomic mass is 10.1. The van der Waals surface area contributed by atoms with E-state index in [9.17, 15) is 14.9 Å². The van der Waals surface area contributed by atoms with E-state index in [1.54, 1.807) is 13.0 Å². The van der Waals surface area contributed by atoms with Crippen molar-refractivity contribution in [3.63, 3.8) is 0 Å². The number of carbonyl (C=O) groups excluding carboxylic acids is 1. The van der Waals surface area contributed by atoms with Gasteiger partial charge in [0.2, 0.25) is 0 Å². The fourth-order valence-corrected chi connectivity index (χ4v) is 1.30. The zero-order valence-corrected chi connectivity index (χ0v) is 10.4. The summed E-state index contributed by atoms with van der Waals surface area (Å²) in [4.78, 5) is 20.9. The van der Waals surface area contributed by atoms with E-state index in [4.69, 9.17) is 11.6 Å². The Bertz CT molecular complexity index is 516. The summed E-state index contributed by atoms with van der Waals surface area (Å²) in [5.74, 6) is 0. The summed E-state index contributed by atoms with van der Waals surface area (Å²) in [6.07, 6.45) is -0.724. The number of carbonyl (C=O) groups is 1. The Morgan fingerprint density at radius 2 is 2.22 bits per heavy atom. The molecule has 96 valence electrons. The highest BCUT2D eigenvalue weighted by Crippen LogP contribution is 2.25. The molecule has 0 atom stereocenters. The van der Waals surface area contributed by atoms with Crippen LogP contribution in [0.5, 0.6) is 0 Å². The maximum atomic E-state index is 10.8. The van der Waals surface area contributed by atoms with Gasteiger partial charge in [-0.05, 0) is 13.0 Å². The number of halogens is 1. The molecule has 7 nitrogen and oxygen atoms in total. The first kappa shape index (κ1) is 13.9. The van der Waals surface area contributed by atoms with Crippen LogP contribution in [0.1, 0.15) is 12.5 Å². The van der Waals surface area contributed by atoms with Crippen LogP contribution in [0.15, 0.2) is 23.3 Å². The van der Waals surface area contributed by atoms with Crippen LogP contribution in [-0.4, -0.2) is 23.8 Å². The number of rotatable bonds is 3. The molecule has 1 aromatic rings. The molecule has 0 radical (unpaired) electrons. The van der Waals surface area contributed by atoms with Crippen molar-refractivity contribution in [1.29, 1.82) is 0 Å². The van der Waals surface area contributed by atoms with Crippen molar-refractivity contribution in [2.45, 2.75) is 6.92 Å². The van der Waals surface area contributed by atoms with E-state index in [1.165, 1.54) is 19.2 Å². The fraction of sp³-hybridized carbons (Fsp3) is 0.200. The van der Waals surface area contributed by atoms with E-state index in [2.05, 4.69) is 15.3 Å². The van der Waals surface area contributed by atoms with Crippen LogP contribution in [0.2, 0.25) is 5.02 Å². The van der Waals surface area contributed by atoms with E-state index < -0.39 is 11.0 Å². The highest BCUT2D eigenvalue weighted by Gasteiger charge is 2.13. The number of nitrogens with zero attached hydrogens (tertiary/aromatic N) is 2. The minimum atomic E-state index is -0.724. The van der Waals surface area contributed by atoms with Gasteiger partial charge in [0, 0.05) is 11.6 Å². The molecule has 18 heavy (non-hydrogen) atoms. The first-order valence-electron chi connectivity index (χ1n) is 4.78. The van der Waals surface area contributed by atoms with E-state index in [-0.39, 0.29) is 10.7 Å². The lowest BCUT2D eigenvalue weighted by molar-refractivity contribution is -0.384. The minimum absolute atomic E-state index is 0.0393. The van der Waals surface area contributed by atoms with E-state index >= 15 is 0 Å². The predicted octanol–water partition coefficient (Wildman–Crippen LogP) is 2.33. The number of hydrogen-bond acceptors (Lipinski definition) is 5. The molecular weight excluding hydrogens is 262 g/mol. The predicted molar refractivity (Wildman–Crippen MR) is 65.9 cm³/mol. The number of methoxy groups -OCH3 is 1. The van der Waals surface area contributed by atoms with Gasteiger partial charge in [-0.3, -0.25) is 10.1 Å². The van der Waals surface area contributed by atoms with Gasteiger partial charge in [-0.1, -0.05) is 17.7 Å². The Morgan fingerprint density at radius 1 is 1.56 bits per heavy atom. The molecular formula is C10H10ClN3O4. The van der Waals surface area contributed by atoms with Gasteiger partial charge in [0.05, 0.1) is 17.7 Å². The standard InChI is InChI=1S/C10H10ClN3O4/c1-6(12-13-10(15)18-2)7-3-4-8(11)9(5-7)14(16)17/h3-5H,1-2H3,(H,13,15)/b12-6+. The van der Waals surface area contributed by atoms with Crippen molar-refractivity contribution in [3.8, 4) is 0 Å². The number of nitro benzene ring substituents is 1. The van der Waals surface area contributed by atoms with E-state index in [0.29, 0.717) is 11.3 Å². The Morgan fingerprint density at radius 3 is 2.78 bits per heavy atom. The van der Waals surface area contributed by atoms with E-state index in [1.807, 2.05) is 0 Å². The summed E-state index contributed by atoms with van der Waals surface area (Å²) in [6.45, 7) is 1.59. The van der Waals surface area contributed by atoms with Crippen molar-refractivity contribution in [2.24, 2.45) is 5.10 Å². The number of nitrogens with one attached hydrogen (secondary N) is 1. The van der Waals surface area contributed by atoms with Crippen molar-refractivity contribution in [1.82, 2.24) is 5.43 Å². The summed E-state index contributed by atoms with van der Waals surface area (Å²) >= 11 is 5.67. The molecule has 0 unspecified atom stereocenters. The Labute approximate surface area is 108 Å². The van der Waals surface area contributed by atoms with Gasteiger partial charge in [0.15, 0.2) is 0 Å². The van der Waals surface area contributed by atoms with Crippen LogP contribution in [-0.2, 0) is 4.74 Å². The van der Waals surface area contributed by atoms with Crippen LogP contribution in [0.4, 0.5) is 10.5 Å². The van der Waals surface area contributed by atoms with Crippen LogP contribution in [0, 0.1) is 10.1 Å². The van der Waals surface area contributed by atoms with Crippen molar-refractivity contribution >= 4 is 29.1 Å².